The van der Waals surface area contributed by atoms with Crippen LogP contribution in [-0.4, -0.2) is 23.6 Å². The molecule has 0 amide bonds. The molecule has 0 radical (unpaired) electrons. The van der Waals surface area contributed by atoms with Crippen LogP contribution in [0, 0.1) is 0 Å². The molecule has 0 spiro atoms. The number of aromatic nitrogens is 2. The van der Waals surface area contributed by atoms with Crippen molar-refractivity contribution in [1.82, 2.24) is 9.97 Å². The molecule has 96 valence electrons. The molecule has 2 rings (SSSR count). The number of pyridine rings is 1. The van der Waals surface area contributed by atoms with Gasteiger partial charge in [0.25, 0.3) is 0 Å². The summed E-state index contributed by atoms with van der Waals surface area (Å²) in [6.45, 7) is 2.85. The molecule has 0 saturated heterocycles. The molecule has 0 saturated carbocycles. The number of hydrogen-bond donors (Lipinski definition) is 2. The average molecular weight is 264 g/mol. The number of methoxy groups -OCH3 is 1. The number of nitrogens with zero attached hydrogens (tertiary/aromatic N) is 2. The molecule has 2 aromatic heterocycles. The first-order valence-electron chi connectivity index (χ1n) is 5.64. The molecule has 1 unspecified atom stereocenters. The van der Waals surface area contributed by atoms with Crippen molar-refractivity contribution in [3.8, 4) is 5.88 Å². The molecule has 0 aromatic carbocycles. The molecule has 3 N–H and O–H groups in total. The lowest BCUT2D eigenvalue weighted by Gasteiger charge is -2.12. The third kappa shape index (κ3) is 2.89. The zero-order valence-corrected chi connectivity index (χ0v) is 11.2. The van der Waals surface area contributed by atoms with Crippen molar-refractivity contribution in [3.05, 3.63) is 28.7 Å². The highest BCUT2D eigenvalue weighted by molar-refractivity contribution is 7.09. The molecule has 5 nitrogen and oxygen atoms in total. The van der Waals surface area contributed by atoms with E-state index < -0.39 is 0 Å². The molecule has 0 bridgehead atoms. The molecular weight excluding hydrogens is 248 g/mol. The standard InChI is InChI=1S/C12H16N4OS/c1-8(12-14-5-6-18-12)7-15-11-9(13)3-4-10(16-11)17-2/h3-6,8H,7,13H2,1-2H3,(H,15,16). The Bertz CT molecular complexity index is 501. The number of anilines is 2. The van der Waals surface area contributed by atoms with Gasteiger partial charge in [-0.15, -0.1) is 11.3 Å². The zero-order valence-electron chi connectivity index (χ0n) is 10.4. The van der Waals surface area contributed by atoms with Crippen molar-refractivity contribution in [2.75, 3.05) is 24.7 Å². The predicted octanol–water partition coefficient (Wildman–Crippen LogP) is 2.34. The van der Waals surface area contributed by atoms with Crippen molar-refractivity contribution in [3.63, 3.8) is 0 Å². The number of nitrogen functional groups attached to an aromatic ring is 1. The van der Waals surface area contributed by atoms with E-state index in [0.717, 1.165) is 11.6 Å². The maximum Gasteiger partial charge on any atom is 0.215 e. The van der Waals surface area contributed by atoms with E-state index in [1.54, 1.807) is 30.6 Å². The lowest BCUT2D eigenvalue weighted by Crippen LogP contribution is -2.12. The molecule has 0 aliphatic rings. The van der Waals surface area contributed by atoms with Crippen molar-refractivity contribution in [2.24, 2.45) is 0 Å². The van der Waals surface area contributed by atoms with E-state index in [4.69, 9.17) is 10.5 Å². The highest BCUT2D eigenvalue weighted by Gasteiger charge is 2.09. The zero-order chi connectivity index (χ0) is 13.0. The normalized spacial score (nSPS) is 12.1. The monoisotopic (exact) mass is 264 g/mol. The van der Waals surface area contributed by atoms with Crippen molar-refractivity contribution < 1.29 is 4.74 Å². The van der Waals surface area contributed by atoms with Gasteiger partial charge in [0.1, 0.15) is 0 Å². The quantitative estimate of drug-likeness (QED) is 0.867. The van der Waals surface area contributed by atoms with Gasteiger partial charge in [0, 0.05) is 30.1 Å². The third-order valence-corrected chi connectivity index (χ3v) is 3.57. The van der Waals surface area contributed by atoms with Crippen molar-refractivity contribution in [2.45, 2.75) is 12.8 Å². The van der Waals surface area contributed by atoms with Crippen LogP contribution in [0.4, 0.5) is 11.5 Å². The number of thiazole rings is 1. The number of nitrogens with two attached hydrogens (primary N) is 1. The van der Waals surface area contributed by atoms with Crippen LogP contribution >= 0.6 is 11.3 Å². The van der Waals surface area contributed by atoms with Crippen molar-refractivity contribution in [1.29, 1.82) is 0 Å². The van der Waals surface area contributed by atoms with Gasteiger partial charge in [-0.05, 0) is 6.07 Å². The number of hydrogen-bond acceptors (Lipinski definition) is 6. The third-order valence-electron chi connectivity index (χ3n) is 2.56. The van der Waals surface area contributed by atoms with E-state index in [9.17, 15) is 0 Å². The van der Waals surface area contributed by atoms with Crippen LogP contribution in [0.15, 0.2) is 23.7 Å². The van der Waals surface area contributed by atoms with E-state index in [1.807, 2.05) is 11.6 Å². The molecule has 1 atom stereocenters. The first-order chi connectivity index (χ1) is 8.70. The fourth-order valence-electron chi connectivity index (χ4n) is 1.52. The van der Waals surface area contributed by atoms with E-state index >= 15 is 0 Å². The maximum absolute atomic E-state index is 5.86. The minimum Gasteiger partial charge on any atom is -0.481 e. The van der Waals surface area contributed by atoms with Crippen LogP contribution in [-0.2, 0) is 0 Å². The Kier molecular flexibility index (Phi) is 3.99. The molecular formula is C12H16N4OS. The molecule has 0 fully saturated rings. The molecule has 6 heteroatoms. The fraction of sp³-hybridized carbons (Fsp3) is 0.333. The fourth-order valence-corrected chi connectivity index (χ4v) is 2.22. The lowest BCUT2D eigenvalue weighted by molar-refractivity contribution is 0.398. The van der Waals surface area contributed by atoms with Gasteiger partial charge in [0.05, 0.1) is 17.8 Å². The van der Waals surface area contributed by atoms with Crippen LogP contribution in [0.1, 0.15) is 17.8 Å². The number of ether oxygens (including phenoxy) is 1. The molecule has 2 heterocycles. The summed E-state index contributed by atoms with van der Waals surface area (Å²) in [5.41, 5.74) is 6.47. The summed E-state index contributed by atoms with van der Waals surface area (Å²) in [7, 11) is 1.58. The second-order valence-electron chi connectivity index (χ2n) is 3.94. The summed E-state index contributed by atoms with van der Waals surface area (Å²) in [6, 6.07) is 3.52. The lowest BCUT2D eigenvalue weighted by atomic mass is 10.2. The summed E-state index contributed by atoms with van der Waals surface area (Å²) in [6.07, 6.45) is 1.81. The van der Waals surface area contributed by atoms with Gasteiger partial charge in [-0.3, -0.25) is 0 Å². The predicted molar refractivity (Wildman–Crippen MR) is 74.2 cm³/mol. The van der Waals surface area contributed by atoms with Gasteiger partial charge in [-0.2, -0.15) is 4.98 Å². The van der Waals surface area contributed by atoms with Gasteiger partial charge in [0.15, 0.2) is 5.82 Å². The molecule has 18 heavy (non-hydrogen) atoms. The van der Waals surface area contributed by atoms with E-state index in [2.05, 4.69) is 22.2 Å². The van der Waals surface area contributed by atoms with Gasteiger partial charge in [-0.1, -0.05) is 6.92 Å². The smallest absolute Gasteiger partial charge is 0.215 e. The topological polar surface area (TPSA) is 73.1 Å². The number of rotatable bonds is 5. The SMILES string of the molecule is COc1ccc(N)c(NCC(C)c2nccs2)n1. The van der Waals surface area contributed by atoms with Crippen LogP contribution < -0.4 is 15.8 Å². The Hall–Kier alpha value is -1.82. The minimum atomic E-state index is 0.317. The van der Waals surface area contributed by atoms with Crippen LogP contribution in [0.25, 0.3) is 0 Å². The van der Waals surface area contributed by atoms with Gasteiger partial charge in [-0.25, -0.2) is 4.98 Å². The first-order valence-corrected chi connectivity index (χ1v) is 6.52. The summed E-state index contributed by atoms with van der Waals surface area (Å²) in [4.78, 5) is 8.56. The molecule has 0 aliphatic heterocycles. The van der Waals surface area contributed by atoms with Gasteiger partial charge < -0.3 is 15.8 Å². The summed E-state index contributed by atoms with van der Waals surface area (Å²) in [5.74, 6) is 1.52. The van der Waals surface area contributed by atoms with E-state index in [1.165, 1.54) is 0 Å². The average Bonchev–Trinajstić information content (AvgIpc) is 2.91. The number of nitrogens with one attached hydrogen (secondary N) is 1. The van der Waals surface area contributed by atoms with E-state index in [0.29, 0.717) is 23.3 Å². The van der Waals surface area contributed by atoms with Crippen LogP contribution in [0.2, 0.25) is 0 Å². The van der Waals surface area contributed by atoms with Crippen LogP contribution in [0.3, 0.4) is 0 Å². The molecule has 0 aliphatic carbocycles. The van der Waals surface area contributed by atoms with Gasteiger partial charge in [0.2, 0.25) is 5.88 Å². The van der Waals surface area contributed by atoms with E-state index in [-0.39, 0.29) is 0 Å². The first kappa shape index (κ1) is 12.6. The Labute approximate surface area is 110 Å². The largest absolute Gasteiger partial charge is 0.481 e. The summed E-state index contributed by atoms with van der Waals surface area (Å²) >= 11 is 1.65. The molecule has 2 aromatic rings. The maximum atomic E-state index is 5.86. The second kappa shape index (κ2) is 5.68. The highest BCUT2D eigenvalue weighted by Crippen LogP contribution is 2.22. The Morgan fingerprint density at radius 3 is 3.00 bits per heavy atom. The van der Waals surface area contributed by atoms with Crippen LogP contribution in [0.5, 0.6) is 5.88 Å². The highest BCUT2D eigenvalue weighted by atomic mass is 32.1. The minimum absolute atomic E-state index is 0.317. The van der Waals surface area contributed by atoms with Gasteiger partial charge >= 0.3 is 0 Å². The summed E-state index contributed by atoms with van der Waals surface area (Å²) < 4.78 is 5.07. The summed E-state index contributed by atoms with van der Waals surface area (Å²) in [5, 5.41) is 6.30. The Morgan fingerprint density at radius 2 is 2.33 bits per heavy atom. The Morgan fingerprint density at radius 1 is 1.50 bits per heavy atom. The van der Waals surface area contributed by atoms with Crippen molar-refractivity contribution >= 4 is 22.8 Å². The Balaban J connectivity index is 2.01. The second-order valence-corrected chi connectivity index (χ2v) is 4.87.